The zero-order chi connectivity index (χ0) is 20.6. The fourth-order valence-corrected chi connectivity index (χ4v) is 2.42. The minimum absolute atomic E-state index is 0.159. The summed E-state index contributed by atoms with van der Waals surface area (Å²) in [6.07, 6.45) is 1.29. The maximum absolute atomic E-state index is 11.9. The van der Waals surface area contributed by atoms with Gasteiger partial charge in [-0.05, 0) is 35.7 Å². The van der Waals surface area contributed by atoms with E-state index in [0.29, 0.717) is 17.4 Å². The number of benzene rings is 2. The van der Waals surface area contributed by atoms with E-state index in [1.807, 2.05) is 42.5 Å². The third-order valence-electron chi connectivity index (χ3n) is 4.04. The molecule has 0 aliphatic heterocycles. The molecule has 0 aliphatic carbocycles. The molecule has 8 heteroatoms. The van der Waals surface area contributed by atoms with Crippen LogP contribution in [0.1, 0.15) is 25.3 Å². The first kappa shape index (κ1) is 19.9. The molecule has 3 aromatic rings. The van der Waals surface area contributed by atoms with Gasteiger partial charge in [0.05, 0.1) is 0 Å². The third-order valence-corrected chi connectivity index (χ3v) is 4.04. The number of nitrogens with zero attached hydrogens (tertiary/aromatic N) is 2. The Labute approximate surface area is 169 Å². The normalized spacial score (nSPS) is 10.4. The van der Waals surface area contributed by atoms with Crippen molar-refractivity contribution < 1.29 is 14.3 Å². The Morgan fingerprint density at radius 2 is 1.76 bits per heavy atom. The van der Waals surface area contributed by atoms with E-state index in [2.05, 4.69) is 34.7 Å². The van der Waals surface area contributed by atoms with E-state index in [-0.39, 0.29) is 24.0 Å². The first-order chi connectivity index (χ1) is 14.0. The first-order valence-electron chi connectivity index (χ1n) is 9.14. The van der Waals surface area contributed by atoms with Gasteiger partial charge in [-0.15, -0.1) is 0 Å². The molecule has 0 bridgehead atoms. The number of para-hydroxylation sites is 1. The Hall–Kier alpha value is -3.81. The number of hydrogen-bond acceptors (Lipinski definition) is 7. The Morgan fingerprint density at radius 3 is 2.45 bits per heavy atom. The predicted molar refractivity (Wildman–Crippen MR) is 111 cm³/mol. The van der Waals surface area contributed by atoms with Gasteiger partial charge in [-0.3, -0.25) is 15.6 Å². The quantitative estimate of drug-likeness (QED) is 0.502. The second kappa shape index (κ2) is 9.41. The Morgan fingerprint density at radius 1 is 1.03 bits per heavy atom. The zero-order valence-corrected chi connectivity index (χ0v) is 16.3. The monoisotopic (exact) mass is 393 g/mol. The van der Waals surface area contributed by atoms with Crippen LogP contribution in [0.5, 0.6) is 17.4 Å². The molecule has 1 aromatic heterocycles. The molecule has 2 aromatic carbocycles. The van der Waals surface area contributed by atoms with Gasteiger partial charge >= 0.3 is 0 Å². The van der Waals surface area contributed by atoms with Gasteiger partial charge in [-0.1, -0.05) is 44.2 Å². The molecule has 0 saturated carbocycles. The summed E-state index contributed by atoms with van der Waals surface area (Å²) in [5.74, 6) is 1.66. The number of rotatable bonds is 8. The van der Waals surface area contributed by atoms with Crippen molar-refractivity contribution in [3.63, 3.8) is 0 Å². The molecular formula is C21H23N5O3. The molecule has 4 N–H and O–H groups in total. The lowest BCUT2D eigenvalue weighted by Crippen LogP contribution is -2.34. The van der Waals surface area contributed by atoms with Crippen LogP contribution in [0.2, 0.25) is 0 Å². The van der Waals surface area contributed by atoms with Crippen molar-refractivity contribution in [3.8, 4) is 17.4 Å². The van der Waals surface area contributed by atoms with Crippen molar-refractivity contribution in [1.29, 1.82) is 0 Å². The van der Waals surface area contributed by atoms with E-state index in [1.165, 1.54) is 11.9 Å². The van der Waals surface area contributed by atoms with Crippen molar-refractivity contribution in [1.82, 2.24) is 15.4 Å². The number of nitrogens with two attached hydrogens (primary N) is 1. The van der Waals surface area contributed by atoms with E-state index in [1.54, 1.807) is 12.1 Å². The summed E-state index contributed by atoms with van der Waals surface area (Å²) >= 11 is 0. The van der Waals surface area contributed by atoms with Gasteiger partial charge in [0, 0.05) is 0 Å². The van der Waals surface area contributed by atoms with Crippen LogP contribution in [-0.2, 0) is 4.79 Å². The number of nitrogens with one attached hydrogen (secondary N) is 2. The molecule has 0 fully saturated rings. The molecule has 0 aliphatic rings. The van der Waals surface area contributed by atoms with Crippen molar-refractivity contribution in [3.05, 3.63) is 66.5 Å². The number of anilines is 2. The van der Waals surface area contributed by atoms with E-state index >= 15 is 0 Å². The molecule has 0 atom stereocenters. The third kappa shape index (κ3) is 5.58. The average molecular weight is 393 g/mol. The highest BCUT2D eigenvalue weighted by Gasteiger charge is 2.12. The van der Waals surface area contributed by atoms with Crippen LogP contribution in [0.25, 0.3) is 0 Å². The molecule has 0 spiro atoms. The molecule has 0 saturated heterocycles. The Bertz CT molecular complexity index is 946. The molecule has 1 heterocycles. The first-order valence-corrected chi connectivity index (χ1v) is 9.14. The number of amides is 1. The van der Waals surface area contributed by atoms with Gasteiger partial charge in [-0.2, -0.15) is 4.98 Å². The Kier molecular flexibility index (Phi) is 6.47. The SMILES string of the molecule is CC(C)c1ccc(Oc2ncnc(NNC(=O)COc3ccccc3)c2N)cc1. The second-order valence-electron chi connectivity index (χ2n) is 6.54. The van der Waals surface area contributed by atoms with Gasteiger partial charge in [-0.25, -0.2) is 4.98 Å². The number of carbonyl (C=O) groups is 1. The summed E-state index contributed by atoms with van der Waals surface area (Å²) < 4.78 is 11.1. The van der Waals surface area contributed by atoms with Crippen LogP contribution in [-0.4, -0.2) is 22.5 Å². The van der Waals surface area contributed by atoms with E-state index in [0.717, 1.165) is 0 Å². The van der Waals surface area contributed by atoms with Gasteiger partial charge in [0.15, 0.2) is 12.4 Å². The van der Waals surface area contributed by atoms with Crippen molar-refractivity contribution in [2.24, 2.45) is 0 Å². The van der Waals surface area contributed by atoms with Crippen LogP contribution in [0.3, 0.4) is 0 Å². The molecular weight excluding hydrogens is 370 g/mol. The fraction of sp³-hybridized carbons (Fsp3) is 0.190. The lowest BCUT2D eigenvalue weighted by molar-refractivity contribution is -0.122. The summed E-state index contributed by atoms with van der Waals surface area (Å²) in [6.45, 7) is 4.08. The highest BCUT2D eigenvalue weighted by molar-refractivity contribution is 5.80. The van der Waals surface area contributed by atoms with E-state index < -0.39 is 5.91 Å². The van der Waals surface area contributed by atoms with Crippen LogP contribution in [0, 0.1) is 0 Å². The molecule has 1 amide bonds. The number of carbonyl (C=O) groups excluding carboxylic acids is 1. The molecule has 150 valence electrons. The van der Waals surface area contributed by atoms with E-state index in [4.69, 9.17) is 15.2 Å². The van der Waals surface area contributed by atoms with Crippen molar-refractivity contribution in [2.45, 2.75) is 19.8 Å². The molecule has 8 nitrogen and oxygen atoms in total. The minimum atomic E-state index is -0.390. The number of hydrogen-bond donors (Lipinski definition) is 3. The lowest BCUT2D eigenvalue weighted by Gasteiger charge is -2.13. The second-order valence-corrected chi connectivity index (χ2v) is 6.54. The number of nitrogen functional groups attached to an aromatic ring is 1. The van der Waals surface area contributed by atoms with Crippen molar-refractivity contribution >= 4 is 17.4 Å². The van der Waals surface area contributed by atoms with Crippen molar-refractivity contribution in [2.75, 3.05) is 17.8 Å². The summed E-state index contributed by atoms with van der Waals surface area (Å²) in [5.41, 5.74) is 12.6. The molecule has 29 heavy (non-hydrogen) atoms. The molecule has 3 rings (SSSR count). The van der Waals surface area contributed by atoms with Crippen LogP contribution < -0.4 is 26.1 Å². The Balaban J connectivity index is 1.57. The summed E-state index contributed by atoms with van der Waals surface area (Å²) in [6, 6.07) is 16.7. The number of ether oxygens (including phenoxy) is 2. The largest absolute Gasteiger partial charge is 0.484 e. The smallest absolute Gasteiger partial charge is 0.276 e. The van der Waals surface area contributed by atoms with Crippen LogP contribution in [0.4, 0.5) is 11.5 Å². The van der Waals surface area contributed by atoms with Gasteiger partial charge in [0.25, 0.3) is 5.91 Å². The molecule has 0 unspecified atom stereocenters. The maximum Gasteiger partial charge on any atom is 0.276 e. The minimum Gasteiger partial charge on any atom is -0.484 e. The maximum atomic E-state index is 11.9. The van der Waals surface area contributed by atoms with Crippen LogP contribution in [0.15, 0.2) is 60.9 Å². The predicted octanol–water partition coefficient (Wildman–Crippen LogP) is 3.50. The highest BCUT2D eigenvalue weighted by atomic mass is 16.5. The summed E-state index contributed by atoms with van der Waals surface area (Å²) in [7, 11) is 0. The number of hydrazine groups is 1. The average Bonchev–Trinajstić information content (AvgIpc) is 2.74. The summed E-state index contributed by atoms with van der Waals surface area (Å²) in [5, 5.41) is 0. The van der Waals surface area contributed by atoms with Gasteiger partial charge < -0.3 is 15.2 Å². The van der Waals surface area contributed by atoms with Gasteiger partial charge in [0.1, 0.15) is 23.5 Å². The molecule has 0 radical (unpaired) electrons. The zero-order valence-electron chi connectivity index (χ0n) is 16.3. The standard InChI is InChI=1S/C21H23N5O3/c1-14(2)15-8-10-17(11-9-15)29-21-19(22)20(23-13-24-21)26-25-18(27)12-28-16-6-4-3-5-7-16/h3-11,13-14H,12,22H2,1-2H3,(H,25,27)(H,23,24,26). The highest BCUT2D eigenvalue weighted by Crippen LogP contribution is 2.29. The summed E-state index contributed by atoms with van der Waals surface area (Å²) in [4.78, 5) is 20.0. The number of aromatic nitrogens is 2. The van der Waals surface area contributed by atoms with Crippen LogP contribution >= 0.6 is 0 Å². The fourth-order valence-electron chi connectivity index (χ4n) is 2.42. The van der Waals surface area contributed by atoms with E-state index in [9.17, 15) is 4.79 Å². The van der Waals surface area contributed by atoms with Gasteiger partial charge in [0.2, 0.25) is 5.88 Å². The lowest BCUT2D eigenvalue weighted by atomic mass is 10.0. The topological polar surface area (TPSA) is 111 Å².